The molecule has 4 rings (SSSR count). The highest BCUT2D eigenvalue weighted by Crippen LogP contribution is 2.28. The smallest absolute Gasteiger partial charge is 0.253 e. The van der Waals surface area contributed by atoms with E-state index in [4.69, 9.17) is 4.42 Å². The number of nitrogens with zero attached hydrogens (tertiary/aromatic N) is 2. The third-order valence-electron chi connectivity index (χ3n) is 5.54. The Labute approximate surface area is 180 Å². The van der Waals surface area contributed by atoms with E-state index in [0.29, 0.717) is 54.2 Å². The van der Waals surface area contributed by atoms with Crippen molar-refractivity contribution in [1.29, 1.82) is 0 Å². The highest BCUT2D eigenvalue weighted by molar-refractivity contribution is 5.96. The molecule has 0 atom stereocenters. The van der Waals surface area contributed by atoms with Gasteiger partial charge in [-0.25, -0.2) is 9.37 Å². The lowest BCUT2D eigenvalue weighted by Crippen LogP contribution is -2.41. The number of aromatic nitrogens is 1. The van der Waals surface area contributed by atoms with E-state index in [2.05, 4.69) is 10.3 Å². The molecule has 0 saturated carbocycles. The zero-order valence-corrected chi connectivity index (χ0v) is 17.9. The van der Waals surface area contributed by atoms with Crippen LogP contribution in [0.25, 0.3) is 11.1 Å². The van der Waals surface area contributed by atoms with Crippen LogP contribution in [-0.2, 0) is 10.2 Å². The molecule has 2 aromatic carbocycles. The number of piperidine rings is 1. The number of halogens is 1. The van der Waals surface area contributed by atoms with Crippen molar-refractivity contribution in [2.45, 2.75) is 39.0 Å². The lowest BCUT2D eigenvalue weighted by molar-refractivity contribution is -0.121. The summed E-state index contributed by atoms with van der Waals surface area (Å²) in [6.45, 7) is 7.09. The van der Waals surface area contributed by atoms with Crippen LogP contribution in [0, 0.1) is 11.7 Å². The van der Waals surface area contributed by atoms with Gasteiger partial charge in [-0.2, -0.15) is 0 Å². The van der Waals surface area contributed by atoms with E-state index < -0.39 is 0 Å². The number of fused-ring (bicyclic) bond motifs is 1. The van der Waals surface area contributed by atoms with Crippen LogP contribution in [0.15, 0.2) is 46.9 Å². The summed E-state index contributed by atoms with van der Waals surface area (Å²) in [5.74, 6) is -0.0808. The number of benzene rings is 2. The van der Waals surface area contributed by atoms with Crippen LogP contribution >= 0.6 is 0 Å². The van der Waals surface area contributed by atoms with Gasteiger partial charge in [-0.15, -0.1) is 0 Å². The third-order valence-corrected chi connectivity index (χ3v) is 5.54. The second-order valence-corrected chi connectivity index (χ2v) is 9.01. The molecule has 1 N–H and O–H groups in total. The lowest BCUT2D eigenvalue weighted by Gasteiger charge is -2.31. The standard InChI is InChI=1S/C24H26FN3O3/c1-24(2,3)23-27-19-14-18(8-9-20(19)31-23)26-21(29)15-10-12-28(13-11-15)22(30)16-4-6-17(25)7-5-16/h4-9,14-15H,10-13H2,1-3H3,(H,26,29). The number of rotatable bonds is 3. The van der Waals surface area contributed by atoms with Gasteiger partial charge in [0.15, 0.2) is 5.58 Å². The van der Waals surface area contributed by atoms with Crippen molar-refractivity contribution in [3.05, 3.63) is 59.7 Å². The summed E-state index contributed by atoms with van der Waals surface area (Å²) in [6.07, 6.45) is 1.16. The molecule has 1 aromatic heterocycles. The molecule has 1 saturated heterocycles. The zero-order chi connectivity index (χ0) is 22.2. The number of hydrogen-bond acceptors (Lipinski definition) is 4. The van der Waals surface area contributed by atoms with E-state index in [1.54, 1.807) is 4.90 Å². The lowest BCUT2D eigenvalue weighted by atomic mass is 9.95. The van der Waals surface area contributed by atoms with E-state index in [-0.39, 0.29) is 29.0 Å². The highest BCUT2D eigenvalue weighted by Gasteiger charge is 2.28. The Morgan fingerprint density at radius 1 is 1.10 bits per heavy atom. The van der Waals surface area contributed by atoms with Crippen molar-refractivity contribution in [2.75, 3.05) is 18.4 Å². The summed E-state index contributed by atoms with van der Waals surface area (Å²) in [4.78, 5) is 31.6. The molecule has 1 fully saturated rings. The first-order chi connectivity index (χ1) is 14.7. The maximum absolute atomic E-state index is 13.1. The number of nitrogens with one attached hydrogen (secondary N) is 1. The Kier molecular flexibility index (Phi) is 5.52. The maximum Gasteiger partial charge on any atom is 0.253 e. The van der Waals surface area contributed by atoms with Gasteiger partial charge >= 0.3 is 0 Å². The van der Waals surface area contributed by atoms with E-state index in [1.807, 2.05) is 39.0 Å². The van der Waals surface area contributed by atoms with Crippen LogP contribution < -0.4 is 5.32 Å². The summed E-state index contributed by atoms with van der Waals surface area (Å²) in [5.41, 5.74) is 2.34. The third kappa shape index (κ3) is 4.60. The number of hydrogen-bond donors (Lipinski definition) is 1. The molecule has 31 heavy (non-hydrogen) atoms. The Morgan fingerprint density at radius 3 is 2.42 bits per heavy atom. The monoisotopic (exact) mass is 423 g/mol. The van der Waals surface area contributed by atoms with Crippen LogP contribution in [0.4, 0.5) is 10.1 Å². The summed E-state index contributed by atoms with van der Waals surface area (Å²) >= 11 is 0. The summed E-state index contributed by atoms with van der Waals surface area (Å²) in [6, 6.07) is 11.0. The van der Waals surface area contributed by atoms with Gasteiger partial charge in [-0.3, -0.25) is 9.59 Å². The quantitative estimate of drug-likeness (QED) is 0.659. The fraction of sp³-hybridized carbons (Fsp3) is 0.375. The summed E-state index contributed by atoms with van der Waals surface area (Å²) in [7, 11) is 0. The Morgan fingerprint density at radius 2 is 1.77 bits per heavy atom. The van der Waals surface area contributed by atoms with Gasteiger partial charge in [-0.05, 0) is 55.3 Å². The number of oxazole rings is 1. The molecule has 7 heteroatoms. The van der Waals surface area contributed by atoms with Crippen molar-refractivity contribution in [3.63, 3.8) is 0 Å². The molecule has 2 heterocycles. The minimum absolute atomic E-state index is 0.0622. The molecule has 162 valence electrons. The maximum atomic E-state index is 13.1. The highest BCUT2D eigenvalue weighted by atomic mass is 19.1. The molecule has 2 amide bonds. The number of anilines is 1. The predicted octanol–water partition coefficient (Wildman–Crippen LogP) is 4.76. The van der Waals surface area contributed by atoms with Gasteiger partial charge < -0.3 is 14.6 Å². The molecule has 6 nitrogen and oxygen atoms in total. The fourth-order valence-electron chi connectivity index (χ4n) is 3.69. The first-order valence-corrected chi connectivity index (χ1v) is 10.5. The molecule has 1 aliphatic rings. The minimum atomic E-state index is -0.370. The Balaban J connectivity index is 1.36. The van der Waals surface area contributed by atoms with Crippen molar-refractivity contribution in [1.82, 2.24) is 9.88 Å². The number of amides is 2. The van der Waals surface area contributed by atoms with Crippen molar-refractivity contribution in [3.8, 4) is 0 Å². The van der Waals surface area contributed by atoms with Gasteiger partial charge in [0, 0.05) is 35.7 Å². The van der Waals surface area contributed by atoms with Gasteiger partial charge in [0.2, 0.25) is 11.8 Å². The van der Waals surface area contributed by atoms with Gasteiger partial charge in [0.05, 0.1) is 0 Å². The minimum Gasteiger partial charge on any atom is -0.440 e. The average molecular weight is 423 g/mol. The topological polar surface area (TPSA) is 75.4 Å². The SMILES string of the molecule is CC(C)(C)c1nc2cc(NC(=O)C3CCN(C(=O)c4ccc(F)cc4)CC3)ccc2o1. The molecule has 0 unspecified atom stereocenters. The second kappa shape index (κ2) is 8.13. The largest absolute Gasteiger partial charge is 0.440 e. The van der Waals surface area contributed by atoms with Crippen molar-refractivity contribution in [2.24, 2.45) is 5.92 Å². The number of carbonyl (C=O) groups excluding carboxylic acids is 2. The molecular weight excluding hydrogens is 397 g/mol. The van der Waals surface area contributed by atoms with Crippen molar-refractivity contribution >= 4 is 28.6 Å². The van der Waals surface area contributed by atoms with Crippen LogP contribution in [0.1, 0.15) is 49.9 Å². The Hall–Kier alpha value is -3.22. The van der Waals surface area contributed by atoms with Gasteiger partial charge in [0.25, 0.3) is 5.91 Å². The van der Waals surface area contributed by atoms with Crippen LogP contribution in [0.3, 0.4) is 0 Å². The molecule has 0 spiro atoms. The van der Waals surface area contributed by atoms with E-state index in [1.165, 1.54) is 24.3 Å². The molecule has 1 aliphatic heterocycles. The molecule has 0 bridgehead atoms. The van der Waals surface area contributed by atoms with Gasteiger partial charge in [0.1, 0.15) is 11.3 Å². The van der Waals surface area contributed by atoms with Gasteiger partial charge in [-0.1, -0.05) is 20.8 Å². The first kappa shape index (κ1) is 21.0. The summed E-state index contributed by atoms with van der Waals surface area (Å²) < 4.78 is 18.9. The van der Waals surface area contributed by atoms with E-state index >= 15 is 0 Å². The van der Waals surface area contributed by atoms with Crippen molar-refractivity contribution < 1.29 is 18.4 Å². The number of likely N-dealkylation sites (tertiary alicyclic amines) is 1. The predicted molar refractivity (Wildman–Crippen MR) is 116 cm³/mol. The number of carbonyl (C=O) groups is 2. The molecule has 0 radical (unpaired) electrons. The van der Waals surface area contributed by atoms with Crippen LogP contribution in [-0.4, -0.2) is 34.8 Å². The van der Waals surface area contributed by atoms with Crippen LogP contribution in [0.2, 0.25) is 0 Å². The molecule has 0 aliphatic carbocycles. The molecular formula is C24H26FN3O3. The van der Waals surface area contributed by atoms with E-state index in [9.17, 15) is 14.0 Å². The van der Waals surface area contributed by atoms with E-state index in [0.717, 1.165) is 0 Å². The molecule has 3 aromatic rings. The van der Waals surface area contributed by atoms with Crippen LogP contribution in [0.5, 0.6) is 0 Å². The second-order valence-electron chi connectivity index (χ2n) is 9.01. The zero-order valence-electron chi connectivity index (χ0n) is 17.9. The summed E-state index contributed by atoms with van der Waals surface area (Å²) in [5, 5.41) is 2.97. The Bertz CT molecular complexity index is 1110. The first-order valence-electron chi connectivity index (χ1n) is 10.5. The average Bonchev–Trinajstić information content (AvgIpc) is 3.18. The normalized spacial score (nSPS) is 15.3. The fourth-order valence-corrected chi connectivity index (χ4v) is 3.69.